The fourth-order valence-corrected chi connectivity index (χ4v) is 3.64. The van der Waals surface area contributed by atoms with Crippen molar-refractivity contribution >= 4 is 11.6 Å². The van der Waals surface area contributed by atoms with Crippen LogP contribution in [0.1, 0.15) is 34.6 Å². The number of rotatable bonds is 4. The van der Waals surface area contributed by atoms with Crippen LogP contribution < -0.4 is 0 Å². The lowest BCUT2D eigenvalue weighted by Crippen LogP contribution is -2.40. The summed E-state index contributed by atoms with van der Waals surface area (Å²) < 4.78 is 0. The van der Waals surface area contributed by atoms with Crippen LogP contribution in [-0.4, -0.2) is 11.6 Å². The highest BCUT2D eigenvalue weighted by atomic mass is 16.1. The number of hydrogen-bond donors (Lipinski definition) is 0. The van der Waals surface area contributed by atoms with Crippen molar-refractivity contribution in [3.8, 4) is 0 Å². The summed E-state index contributed by atoms with van der Waals surface area (Å²) in [6, 6.07) is 18.6. The lowest BCUT2D eigenvalue weighted by Gasteiger charge is -2.35. The molecule has 2 aromatic rings. The Morgan fingerprint density at radius 3 is 1.29 bits per heavy atom. The second kappa shape index (κ2) is 6.96. The smallest absolute Gasteiger partial charge is 0.167 e. The Kier molecular flexibility index (Phi) is 4.75. The molecule has 0 aliphatic heterocycles. The van der Waals surface area contributed by atoms with E-state index in [-0.39, 0.29) is 35.2 Å². The lowest BCUT2D eigenvalue weighted by molar-refractivity contribution is 0.0673. The van der Waals surface area contributed by atoms with Gasteiger partial charge in [0.05, 0.1) is 0 Å². The van der Waals surface area contributed by atoms with Crippen LogP contribution in [-0.2, 0) is 0 Å². The van der Waals surface area contributed by atoms with Crippen LogP contribution in [0.4, 0.5) is 0 Å². The summed E-state index contributed by atoms with van der Waals surface area (Å²) in [6.45, 7) is 4.05. The van der Waals surface area contributed by atoms with Gasteiger partial charge < -0.3 is 0 Å². The van der Waals surface area contributed by atoms with Crippen LogP contribution in [0.15, 0.2) is 72.8 Å². The Balaban J connectivity index is 1.99. The zero-order chi connectivity index (χ0) is 17.1. The zero-order valence-corrected chi connectivity index (χ0v) is 14.1. The van der Waals surface area contributed by atoms with E-state index in [0.29, 0.717) is 11.1 Å². The second-order valence-corrected chi connectivity index (χ2v) is 6.62. The minimum Gasteiger partial charge on any atom is -0.294 e. The van der Waals surface area contributed by atoms with Gasteiger partial charge >= 0.3 is 0 Å². The van der Waals surface area contributed by atoms with Crippen LogP contribution in [0.25, 0.3) is 0 Å². The van der Waals surface area contributed by atoms with Crippen molar-refractivity contribution in [2.24, 2.45) is 23.7 Å². The fourth-order valence-electron chi connectivity index (χ4n) is 3.64. The summed E-state index contributed by atoms with van der Waals surface area (Å²) in [4.78, 5) is 26.2. The third kappa shape index (κ3) is 3.09. The highest BCUT2D eigenvalue weighted by Crippen LogP contribution is 2.38. The van der Waals surface area contributed by atoms with Crippen LogP contribution >= 0.6 is 0 Å². The van der Waals surface area contributed by atoms with Gasteiger partial charge in [0, 0.05) is 23.0 Å². The summed E-state index contributed by atoms with van der Waals surface area (Å²) in [6.07, 6.45) is 4.15. The standard InChI is InChI=1S/C22H22O2/c1-15-13-14-16(2)20(22(24)18-11-7-4-8-12-18)19(15)21(23)17-9-5-3-6-10-17/h3-16,19-20H,1-2H3/t15-,16+,19+,20-. The predicted octanol–water partition coefficient (Wildman–Crippen LogP) is 4.83. The lowest BCUT2D eigenvalue weighted by atomic mass is 9.66. The number of Topliss-reactive ketones (excluding diaryl/α,β-unsaturated/α-hetero) is 2. The van der Waals surface area contributed by atoms with E-state index in [1.807, 2.05) is 74.5 Å². The average molecular weight is 318 g/mol. The first-order valence-electron chi connectivity index (χ1n) is 8.46. The maximum absolute atomic E-state index is 13.1. The molecule has 0 heterocycles. The van der Waals surface area contributed by atoms with Crippen molar-refractivity contribution < 1.29 is 9.59 Å². The van der Waals surface area contributed by atoms with E-state index >= 15 is 0 Å². The second-order valence-electron chi connectivity index (χ2n) is 6.62. The van der Waals surface area contributed by atoms with E-state index in [1.165, 1.54) is 0 Å². The molecule has 0 aromatic heterocycles. The maximum atomic E-state index is 13.1. The topological polar surface area (TPSA) is 34.1 Å². The SMILES string of the molecule is C[C@@H]1C=C[C@H](C)[C@@H](C(=O)c2ccccc2)[C@H]1C(=O)c1ccccc1. The minimum absolute atomic E-state index is 0.0477. The molecular formula is C22H22O2. The molecule has 0 radical (unpaired) electrons. The van der Waals surface area contributed by atoms with Crippen LogP contribution in [0, 0.1) is 23.7 Å². The highest BCUT2D eigenvalue weighted by Gasteiger charge is 2.41. The van der Waals surface area contributed by atoms with Crippen LogP contribution in [0.5, 0.6) is 0 Å². The average Bonchev–Trinajstić information content (AvgIpc) is 2.63. The van der Waals surface area contributed by atoms with E-state index < -0.39 is 0 Å². The summed E-state index contributed by atoms with van der Waals surface area (Å²) in [5.74, 6) is -0.416. The van der Waals surface area contributed by atoms with Gasteiger partial charge in [0.25, 0.3) is 0 Å². The Bertz CT molecular complexity index is 681. The van der Waals surface area contributed by atoms with Crippen LogP contribution in [0.2, 0.25) is 0 Å². The molecule has 0 bridgehead atoms. The van der Waals surface area contributed by atoms with E-state index in [2.05, 4.69) is 12.2 Å². The van der Waals surface area contributed by atoms with Crippen molar-refractivity contribution in [3.63, 3.8) is 0 Å². The maximum Gasteiger partial charge on any atom is 0.167 e. The first kappa shape index (κ1) is 16.4. The molecule has 0 amide bonds. The van der Waals surface area contributed by atoms with Gasteiger partial charge in [-0.3, -0.25) is 9.59 Å². The van der Waals surface area contributed by atoms with Gasteiger partial charge in [0.1, 0.15) is 0 Å². The van der Waals surface area contributed by atoms with Crippen molar-refractivity contribution in [3.05, 3.63) is 83.9 Å². The van der Waals surface area contributed by atoms with E-state index in [4.69, 9.17) is 0 Å². The molecule has 1 aliphatic carbocycles. The minimum atomic E-state index is -0.319. The van der Waals surface area contributed by atoms with Gasteiger partial charge in [-0.2, -0.15) is 0 Å². The van der Waals surface area contributed by atoms with Crippen LogP contribution in [0.3, 0.4) is 0 Å². The van der Waals surface area contributed by atoms with E-state index in [1.54, 1.807) is 0 Å². The molecule has 0 fully saturated rings. The highest BCUT2D eigenvalue weighted by molar-refractivity contribution is 6.05. The van der Waals surface area contributed by atoms with Gasteiger partial charge in [-0.1, -0.05) is 86.7 Å². The zero-order valence-electron chi connectivity index (χ0n) is 14.1. The Morgan fingerprint density at radius 2 is 0.958 bits per heavy atom. The Morgan fingerprint density at radius 1 is 0.625 bits per heavy atom. The molecule has 24 heavy (non-hydrogen) atoms. The third-order valence-electron chi connectivity index (χ3n) is 4.96. The largest absolute Gasteiger partial charge is 0.294 e. The van der Waals surface area contributed by atoms with E-state index in [0.717, 1.165) is 0 Å². The summed E-state index contributed by atoms with van der Waals surface area (Å²) >= 11 is 0. The summed E-state index contributed by atoms with van der Waals surface area (Å²) in [7, 11) is 0. The number of allylic oxidation sites excluding steroid dienone is 2. The van der Waals surface area contributed by atoms with Gasteiger partial charge in [0.2, 0.25) is 0 Å². The number of hydrogen-bond acceptors (Lipinski definition) is 2. The first-order valence-corrected chi connectivity index (χ1v) is 8.46. The van der Waals surface area contributed by atoms with E-state index in [9.17, 15) is 9.59 Å². The molecule has 0 spiro atoms. The van der Waals surface area contributed by atoms with Crippen molar-refractivity contribution in [2.75, 3.05) is 0 Å². The molecule has 0 saturated carbocycles. The predicted molar refractivity (Wildman–Crippen MR) is 96.0 cm³/mol. The van der Waals surface area contributed by atoms with Crippen molar-refractivity contribution in [1.82, 2.24) is 0 Å². The molecule has 2 nitrogen and oxygen atoms in total. The van der Waals surface area contributed by atoms with Gasteiger partial charge in [-0.15, -0.1) is 0 Å². The summed E-state index contributed by atoms with van der Waals surface area (Å²) in [5.41, 5.74) is 1.37. The van der Waals surface area contributed by atoms with Crippen molar-refractivity contribution in [2.45, 2.75) is 13.8 Å². The molecule has 122 valence electrons. The number of carbonyl (C=O) groups is 2. The van der Waals surface area contributed by atoms with Gasteiger partial charge in [-0.05, 0) is 11.8 Å². The molecule has 0 N–H and O–H groups in total. The van der Waals surface area contributed by atoms with Gasteiger partial charge in [-0.25, -0.2) is 0 Å². The normalized spacial score (nSPS) is 26.1. The fraction of sp³-hybridized carbons (Fsp3) is 0.273. The number of benzene rings is 2. The molecule has 2 heteroatoms. The van der Waals surface area contributed by atoms with Gasteiger partial charge in [0.15, 0.2) is 11.6 Å². The Hall–Kier alpha value is -2.48. The summed E-state index contributed by atoms with van der Waals surface area (Å²) in [5, 5.41) is 0. The van der Waals surface area contributed by atoms with Crippen molar-refractivity contribution in [1.29, 1.82) is 0 Å². The molecule has 2 aromatic carbocycles. The molecule has 0 saturated heterocycles. The molecular weight excluding hydrogens is 296 g/mol. The Labute approximate surface area is 143 Å². The monoisotopic (exact) mass is 318 g/mol. The first-order chi connectivity index (χ1) is 11.6. The molecule has 3 rings (SSSR count). The molecule has 4 atom stereocenters. The number of carbonyl (C=O) groups excluding carboxylic acids is 2. The molecule has 1 aliphatic rings. The number of ketones is 2. The molecule has 0 unspecified atom stereocenters. The third-order valence-corrected chi connectivity index (χ3v) is 4.96. The quantitative estimate of drug-likeness (QED) is 0.598.